The van der Waals surface area contributed by atoms with E-state index in [4.69, 9.17) is 9.47 Å². The molecule has 0 aliphatic carbocycles. The van der Waals surface area contributed by atoms with Crippen molar-refractivity contribution in [2.75, 3.05) is 19.0 Å². The quantitative estimate of drug-likeness (QED) is 0.537. The van der Waals surface area contributed by atoms with Gasteiger partial charge in [-0.25, -0.2) is 0 Å². The first-order valence-electron chi connectivity index (χ1n) is 5.69. The molecule has 16 heavy (non-hydrogen) atoms. The highest BCUT2D eigenvalue weighted by Gasteiger charge is 2.09. The second kappa shape index (κ2) is 7.71. The Morgan fingerprint density at radius 1 is 1.12 bits per heavy atom. The van der Waals surface area contributed by atoms with E-state index in [0.717, 1.165) is 5.75 Å². The molecule has 0 saturated heterocycles. The molecule has 0 aromatic heterocycles. The van der Waals surface area contributed by atoms with Crippen LogP contribution in [0.4, 0.5) is 0 Å². The maximum atomic E-state index is 5.50. The molecule has 0 radical (unpaired) electrons. The van der Waals surface area contributed by atoms with Crippen LogP contribution in [0.3, 0.4) is 0 Å². The molecule has 0 fully saturated rings. The SMILES string of the molecule is CCOC(CSc1ccccc1C)OCC. The van der Waals surface area contributed by atoms with Gasteiger partial charge < -0.3 is 9.47 Å². The van der Waals surface area contributed by atoms with Crippen molar-refractivity contribution in [3.8, 4) is 0 Å². The molecule has 0 spiro atoms. The first kappa shape index (κ1) is 13.6. The van der Waals surface area contributed by atoms with Gasteiger partial charge in [0, 0.05) is 23.9 Å². The van der Waals surface area contributed by atoms with Crippen LogP contribution in [0.15, 0.2) is 29.2 Å². The Morgan fingerprint density at radius 2 is 1.75 bits per heavy atom. The number of aryl methyl sites for hydroxylation is 1. The molecular formula is C13H20O2S. The van der Waals surface area contributed by atoms with Gasteiger partial charge in [0.15, 0.2) is 6.29 Å². The Hall–Kier alpha value is -0.510. The smallest absolute Gasteiger partial charge is 0.166 e. The fourth-order valence-electron chi connectivity index (χ4n) is 1.39. The number of hydrogen-bond donors (Lipinski definition) is 0. The Bertz CT molecular complexity index is 296. The van der Waals surface area contributed by atoms with Gasteiger partial charge in [0.25, 0.3) is 0 Å². The van der Waals surface area contributed by atoms with E-state index in [-0.39, 0.29) is 6.29 Å². The Morgan fingerprint density at radius 3 is 2.31 bits per heavy atom. The highest BCUT2D eigenvalue weighted by atomic mass is 32.2. The van der Waals surface area contributed by atoms with Crippen LogP contribution in [0.25, 0.3) is 0 Å². The summed E-state index contributed by atoms with van der Waals surface area (Å²) in [6.07, 6.45) is -0.0976. The Balaban J connectivity index is 2.45. The molecule has 2 nitrogen and oxygen atoms in total. The van der Waals surface area contributed by atoms with E-state index in [1.165, 1.54) is 10.5 Å². The molecule has 0 atom stereocenters. The van der Waals surface area contributed by atoms with Crippen LogP contribution in [0, 0.1) is 6.92 Å². The van der Waals surface area contributed by atoms with Crippen LogP contribution in [-0.4, -0.2) is 25.3 Å². The number of rotatable bonds is 7. The summed E-state index contributed by atoms with van der Waals surface area (Å²) in [7, 11) is 0. The Labute approximate surface area is 102 Å². The first-order chi connectivity index (χ1) is 7.77. The lowest BCUT2D eigenvalue weighted by atomic mass is 10.2. The summed E-state index contributed by atoms with van der Waals surface area (Å²) in [6, 6.07) is 8.38. The van der Waals surface area contributed by atoms with Crippen LogP contribution in [0.5, 0.6) is 0 Å². The third-order valence-corrected chi connectivity index (χ3v) is 3.38. The maximum absolute atomic E-state index is 5.50. The van der Waals surface area contributed by atoms with E-state index in [2.05, 4.69) is 31.2 Å². The summed E-state index contributed by atoms with van der Waals surface area (Å²) in [5, 5.41) is 0. The zero-order valence-electron chi connectivity index (χ0n) is 10.2. The summed E-state index contributed by atoms with van der Waals surface area (Å²) < 4.78 is 11.0. The van der Waals surface area contributed by atoms with Gasteiger partial charge in [-0.2, -0.15) is 0 Å². The van der Waals surface area contributed by atoms with Crippen molar-refractivity contribution >= 4 is 11.8 Å². The summed E-state index contributed by atoms with van der Waals surface area (Å²) in [5.74, 6) is 0.840. The van der Waals surface area contributed by atoms with E-state index < -0.39 is 0 Å². The standard InChI is InChI=1S/C13H20O2S/c1-4-14-13(15-5-2)10-16-12-9-7-6-8-11(12)3/h6-9,13H,4-5,10H2,1-3H3. The van der Waals surface area contributed by atoms with Crippen LogP contribution >= 0.6 is 11.8 Å². The third kappa shape index (κ3) is 4.56. The van der Waals surface area contributed by atoms with Gasteiger partial charge >= 0.3 is 0 Å². The van der Waals surface area contributed by atoms with Crippen molar-refractivity contribution in [2.45, 2.75) is 32.0 Å². The fourth-order valence-corrected chi connectivity index (χ4v) is 2.37. The van der Waals surface area contributed by atoms with Gasteiger partial charge in [-0.1, -0.05) is 18.2 Å². The minimum Gasteiger partial charge on any atom is -0.352 e. The zero-order valence-corrected chi connectivity index (χ0v) is 11.0. The molecule has 1 aromatic rings. The molecule has 0 amide bonds. The van der Waals surface area contributed by atoms with E-state index >= 15 is 0 Å². The van der Waals surface area contributed by atoms with Crippen molar-refractivity contribution in [2.24, 2.45) is 0 Å². The van der Waals surface area contributed by atoms with Crippen LogP contribution in [0.2, 0.25) is 0 Å². The number of hydrogen-bond acceptors (Lipinski definition) is 3. The third-order valence-electron chi connectivity index (χ3n) is 2.17. The Kier molecular flexibility index (Phi) is 6.53. The normalized spacial score (nSPS) is 11.0. The maximum Gasteiger partial charge on any atom is 0.166 e. The largest absolute Gasteiger partial charge is 0.352 e. The molecule has 0 N–H and O–H groups in total. The molecule has 0 unspecified atom stereocenters. The van der Waals surface area contributed by atoms with E-state index in [1.54, 1.807) is 11.8 Å². The second-order valence-electron chi connectivity index (χ2n) is 3.42. The predicted molar refractivity (Wildman–Crippen MR) is 68.9 cm³/mol. The fraction of sp³-hybridized carbons (Fsp3) is 0.538. The average Bonchev–Trinajstić information content (AvgIpc) is 2.28. The molecule has 1 aromatic carbocycles. The lowest BCUT2D eigenvalue weighted by Gasteiger charge is -2.16. The van der Waals surface area contributed by atoms with Gasteiger partial charge in [0.05, 0.1) is 0 Å². The summed E-state index contributed by atoms with van der Waals surface area (Å²) in [6.45, 7) is 7.49. The molecule has 3 heteroatoms. The zero-order chi connectivity index (χ0) is 11.8. The predicted octanol–water partition coefficient (Wildman–Crippen LogP) is 3.49. The monoisotopic (exact) mass is 240 g/mol. The summed E-state index contributed by atoms with van der Waals surface area (Å²) in [4.78, 5) is 1.30. The second-order valence-corrected chi connectivity index (χ2v) is 4.48. The molecule has 1 rings (SSSR count). The van der Waals surface area contributed by atoms with Crippen LogP contribution in [0.1, 0.15) is 19.4 Å². The minimum atomic E-state index is -0.0976. The number of benzene rings is 1. The van der Waals surface area contributed by atoms with Crippen LogP contribution in [-0.2, 0) is 9.47 Å². The van der Waals surface area contributed by atoms with Crippen LogP contribution < -0.4 is 0 Å². The van der Waals surface area contributed by atoms with Crippen molar-refractivity contribution < 1.29 is 9.47 Å². The number of ether oxygens (including phenoxy) is 2. The minimum absolute atomic E-state index is 0.0976. The number of thioether (sulfide) groups is 1. The molecular weight excluding hydrogens is 220 g/mol. The van der Waals surface area contributed by atoms with E-state index in [0.29, 0.717) is 13.2 Å². The highest BCUT2D eigenvalue weighted by molar-refractivity contribution is 7.99. The van der Waals surface area contributed by atoms with E-state index in [1.807, 2.05) is 13.8 Å². The summed E-state index contributed by atoms with van der Waals surface area (Å²) >= 11 is 1.79. The van der Waals surface area contributed by atoms with Crippen molar-refractivity contribution in [1.82, 2.24) is 0 Å². The topological polar surface area (TPSA) is 18.5 Å². The molecule has 0 aliphatic rings. The lowest BCUT2D eigenvalue weighted by molar-refractivity contribution is -0.120. The molecule has 0 heterocycles. The first-order valence-corrected chi connectivity index (χ1v) is 6.68. The molecule has 0 aliphatic heterocycles. The van der Waals surface area contributed by atoms with Gasteiger partial charge in [-0.05, 0) is 32.4 Å². The van der Waals surface area contributed by atoms with Gasteiger partial charge in [-0.15, -0.1) is 11.8 Å². The summed E-state index contributed by atoms with van der Waals surface area (Å²) in [5.41, 5.74) is 1.30. The van der Waals surface area contributed by atoms with Gasteiger partial charge in [0.2, 0.25) is 0 Å². The van der Waals surface area contributed by atoms with E-state index in [9.17, 15) is 0 Å². The molecule has 0 saturated carbocycles. The lowest BCUT2D eigenvalue weighted by Crippen LogP contribution is -2.20. The van der Waals surface area contributed by atoms with Gasteiger partial charge in [-0.3, -0.25) is 0 Å². The van der Waals surface area contributed by atoms with Crippen molar-refractivity contribution in [3.05, 3.63) is 29.8 Å². The van der Waals surface area contributed by atoms with Gasteiger partial charge in [0.1, 0.15) is 0 Å². The van der Waals surface area contributed by atoms with Crippen molar-refractivity contribution in [1.29, 1.82) is 0 Å². The highest BCUT2D eigenvalue weighted by Crippen LogP contribution is 2.23. The molecule has 90 valence electrons. The van der Waals surface area contributed by atoms with Crippen molar-refractivity contribution in [3.63, 3.8) is 0 Å². The molecule has 0 bridgehead atoms. The average molecular weight is 240 g/mol.